The summed E-state index contributed by atoms with van der Waals surface area (Å²) in [6.45, 7) is 0.337. The van der Waals surface area contributed by atoms with Crippen LogP contribution >= 0.6 is 0 Å². The molecule has 1 aliphatic rings. The van der Waals surface area contributed by atoms with Crippen LogP contribution in [0.2, 0.25) is 0 Å². The molecule has 102 valence electrons. The molecule has 9 heteroatoms. The lowest BCUT2D eigenvalue weighted by atomic mass is 10.2. The van der Waals surface area contributed by atoms with Crippen LogP contribution in [0, 0.1) is 0 Å². The van der Waals surface area contributed by atoms with Crippen molar-refractivity contribution in [2.24, 2.45) is 0 Å². The zero-order valence-electron chi connectivity index (χ0n) is 9.05. The number of nitrogen functional groups attached to an aromatic ring is 1. The topological polar surface area (TPSA) is 53.1 Å². The first-order valence-corrected chi connectivity index (χ1v) is 5.11. The summed E-state index contributed by atoms with van der Waals surface area (Å²) < 4.78 is 69.2. The number of alkyl halides is 5. The third-order valence-corrected chi connectivity index (χ3v) is 2.68. The highest BCUT2D eigenvalue weighted by Crippen LogP contribution is 2.45. The summed E-state index contributed by atoms with van der Waals surface area (Å²) in [5.41, 5.74) is 3.97. The van der Waals surface area contributed by atoms with Gasteiger partial charge in [0, 0.05) is 12.7 Å². The molecule has 1 fully saturated rings. The van der Waals surface area contributed by atoms with E-state index < -0.39 is 23.8 Å². The van der Waals surface area contributed by atoms with Gasteiger partial charge in [0.1, 0.15) is 11.5 Å². The molecule has 0 unspecified atom stereocenters. The quantitative estimate of drug-likeness (QED) is 0.838. The summed E-state index contributed by atoms with van der Waals surface area (Å²) in [7, 11) is 0. The van der Waals surface area contributed by atoms with E-state index in [9.17, 15) is 22.0 Å². The molecule has 0 aliphatic carbocycles. The van der Waals surface area contributed by atoms with Crippen molar-refractivity contribution >= 4 is 5.82 Å². The first-order valence-electron chi connectivity index (χ1n) is 5.11. The standard InChI is InChI=1S/C9H10F5N3O/c10-8(11,9(12,13)14)6-3-7(15)16-17(6)5-1-2-18-4-5/h3,5H,1-2,4H2,(H2,15,16)/t5-/m1/s1. The molecule has 0 aromatic carbocycles. The minimum Gasteiger partial charge on any atom is -0.382 e. The van der Waals surface area contributed by atoms with Crippen LogP contribution in [0.25, 0.3) is 0 Å². The van der Waals surface area contributed by atoms with Crippen LogP contribution in [0.1, 0.15) is 18.2 Å². The molecule has 0 bridgehead atoms. The molecule has 1 aromatic rings. The van der Waals surface area contributed by atoms with Crippen LogP contribution < -0.4 is 5.73 Å². The Kier molecular flexibility index (Phi) is 2.96. The fourth-order valence-corrected chi connectivity index (χ4v) is 1.79. The average Bonchev–Trinajstić information content (AvgIpc) is 2.83. The molecule has 4 nitrogen and oxygen atoms in total. The predicted molar refractivity (Wildman–Crippen MR) is 51.1 cm³/mol. The number of nitrogens with zero attached hydrogens (tertiary/aromatic N) is 2. The highest BCUT2D eigenvalue weighted by atomic mass is 19.4. The maximum absolute atomic E-state index is 13.3. The van der Waals surface area contributed by atoms with Gasteiger partial charge in [0.2, 0.25) is 0 Å². The van der Waals surface area contributed by atoms with Crippen molar-refractivity contribution in [1.29, 1.82) is 0 Å². The third kappa shape index (κ3) is 2.02. The van der Waals surface area contributed by atoms with Gasteiger partial charge in [-0.05, 0) is 6.42 Å². The van der Waals surface area contributed by atoms with E-state index in [0.29, 0.717) is 23.8 Å². The van der Waals surface area contributed by atoms with E-state index in [4.69, 9.17) is 10.5 Å². The van der Waals surface area contributed by atoms with Gasteiger partial charge in [-0.15, -0.1) is 0 Å². The lowest BCUT2D eigenvalue weighted by Gasteiger charge is -2.22. The fraction of sp³-hybridized carbons (Fsp3) is 0.667. The van der Waals surface area contributed by atoms with Crippen LogP contribution in [0.5, 0.6) is 0 Å². The van der Waals surface area contributed by atoms with Gasteiger partial charge in [0.25, 0.3) is 0 Å². The molecule has 1 atom stereocenters. The van der Waals surface area contributed by atoms with Gasteiger partial charge in [-0.3, -0.25) is 4.68 Å². The minimum absolute atomic E-state index is 0.0437. The van der Waals surface area contributed by atoms with E-state index in [2.05, 4.69) is 5.10 Å². The average molecular weight is 271 g/mol. The molecule has 2 rings (SSSR count). The summed E-state index contributed by atoms with van der Waals surface area (Å²) in [6, 6.07) is -0.100. The molecular formula is C9H10F5N3O. The molecule has 0 saturated carbocycles. The lowest BCUT2D eigenvalue weighted by Crippen LogP contribution is -2.36. The summed E-state index contributed by atoms with van der Waals surface area (Å²) >= 11 is 0. The second-order valence-corrected chi connectivity index (χ2v) is 3.99. The zero-order valence-corrected chi connectivity index (χ0v) is 9.05. The number of anilines is 1. The predicted octanol–water partition coefficient (Wildman–Crippen LogP) is 2.08. The van der Waals surface area contributed by atoms with Crippen molar-refractivity contribution < 1.29 is 26.7 Å². The minimum atomic E-state index is -5.68. The van der Waals surface area contributed by atoms with Gasteiger partial charge < -0.3 is 10.5 Å². The highest BCUT2D eigenvalue weighted by Gasteiger charge is 2.61. The van der Waals surface area contributed by atoms with Crippen LogP contribution in [-0.4, -0.2) is 29.2 Å². The van der Waals surface area contributed by atoms with Crippen LogP contribution in [0.3, 0.4) is 0 Å². The van der Waals surface area contributed by atoms with Crippen LogP contribution in [0.4, 0.5) is 27.8 Å². The summed E-state index contributed by atoms with van der Waals surface area (Å²) in [5.74, 6) is -5.36. The number of aromatic nitrogens is 2. The third-order valence-electron chi connectivity index (χ3n) is 2.68. The fourth-order valence-electron chi connectivity index (χ4n) is 1.79. The molecule has 18 heavy (non-hydrogen) atoms. The Labute approximate surface area is 98.5 Å². The number of nitrogens with two attached hydrogens (primary N) is 1. The van der Waals surface area contributed by atoms with E-state index in [0.717, 1.165) is 0 Å². The van der Waals surface area contributed by atoms with Gasteiger partial charge >= 0.3 is 12.1 Å². The number of rotatable bonds is 2. The number of ether oxygens (including phenoxy) is 1. The highest BCUT2D eigenvalue weighted by molar-refractivity contribution is 5.32. The van der Waals surface area contributed by atoms with Gasteiger partial charge in [-0.1, -0.05) is 0 Å². The van der Waals surface area contributed by atoms with Gasteiger partial charge in [-0.25, -0.2) is 0 Å². The van der Waals surface area contributed by atoms with Crippen LogP contribution in [0.15, 0.2) is 6.07 Å². The van der Waals surface area contributed by atoms with Gasteiger partial charge in [0.15, 0.2) is 0 Å². The van der Waals surface area contributed by atoms with Crippen molar-refractivity contribution in [3.63, 3.8) is 0 Å². The first-order chi connectivity index (χ1) is 8.23. The maximum Gasteiger partial charge on any atom is 0.459 e. The summed E-state index contributed by atoms with van der Waals surface area (Å²) in [4.78, 5) is 0. The van der Waals surface area contributed by atoms with E-state index in [1.54, 1.807) is 0 Å². The molecule has 2 N–H and O–H groups in total. The van der Waals surface area contributed by atoms with Crippen LogP contribution in [-0.2, 0) is 10.7 Å². The Morgan fingerprint density at radius 2 is 2.00 bits per heavy atom. The second kappa shape index (κ2) is 4.08. The monoisotopic (exact) mass is 271 g/mol. The number of hydrogen-bond donors (Lipinski definition) is 1. The van der Waals surface area contributed by atoms with Crippen molar-refractivity contribution in [2.45, 2.75) is 24.6 Å². The largest absolute Gasteiger partial charge is 0.459 e. The zero-order chi connectivity index (χ0) is 13.6. The molecule has 0 spiro atoms. The Morgan fingerprint density at radius 3 is 2.50 bits per heavy atom. The normalized spacial score (nSPS) is 21.5. The Hall–Kier alpha value is -1.38. The van der Waals surface area contributed by atoms with E-state index in [1.807, 2.05) is 0 Å². The van der Waals surface area contributed by atoms with Crippen molar-refractivity contribution in [3.05, 3.63) is 11.8 Å². The Balaban J connectivity index is 2.44. The molecule has 1 aromatic heterocycles. The lowest BCUT2D eigenvalue weighted by molar-refractivity contribution is -0.292. The molecule has 0 radical (unpaired) electrons. The Morgan fingerprint density at radius 1 is 1.33 bits per heavy atom. The van der Waals surface area contributed by atoms with Crippen molar-refractivity contribution in [1.82, 2.24) is 9.78 Å². The molecule has 1 saturated heterocycles. The summed E-state index contributed by atoms with van der Waals surface area (Å²) in [5, 5.41) is 3.51. The molecule has 2 heterocycles. The van der Waals surface area contributed by atoms with Gasteiger partial charge in [0.05, 0.1) is 12.6 Å². The van der Waals surface area contributed by atoms with E-state index in [-0.39, 0.29) is 12.4 Å². The number of hydrogen-bond acceptors (Lipinski definition) is 3. The molecular weight excluding hydrogens is 261 g/mol. The van der Waals surface area contributed by atoms with Crippen molar-refractivity contribution in [3.8, 4) is 0 Å². The first kappa shape index (κ1) is 13.1. The second-order valence-electron chi connectivity index (χ2n) is 3.99. The van der Waals surface area contributed by atoms with Gasteiger partial charge in [-0.2, -0.15) is 27.1 Å². The maximum atomic E-state index is 13.3. The van der Waals surface area contributed by atoms with Crippen molar-refractivity contribution in [2.75, 3.05) is 18.9 Å². The SMILES string of the molecule is Nc1cc(C(F)(F)C(F)(F)F)n([C@@H]2CCOC2)n1. The number of halogens is 5. The summed E-state index contributed by atoms with van der Waals surface area (Å²) in [6.07, 6.45) is -5.36. The van der Waals surface area contributed by atoms with E-state index in [1.165, 1.54) is 0 Å². The Bertz CT molecular complexity index is 436. The smallest absolute Gasteiger partial charge is 0.382 e. The van der Waals surface area contributed by atoms with E-state index >= 15 is 0 Å². The molecule has 0 amide bonds. The molecule has 1 aliphatic heterocycles.